The van der Waals surface area contributed by atoms with Crippen molar-refractivity contribution in [3.05, 3.63) is 71.5 Å². The number of carbonyl (C=O) groups is 1. The summed E-state index contributed by atoms with van der Waals surface area (Å²) in [6, 6.07) is 16.8. The number of aryl methyl sites for hydroxylation is 1. The van der Waals surface area contributed by atoms with Crippen LogP contribution < -0.4 is 10.1 Å². The second kappa shape index (κ2) is 7.36. The normalized spacial score (nSPS) is 10.4. The molecular weight excluding hydrogens is 306 g/mol. The quantitative estimate of drug-likeness (QED) is 0.747. The average Bonchev–Trinajstić information content (AvgIpc) is 3.04. The minimum atomic E-state index is -0.148. The van der Waals surface area contributed by atoms with Crippen molar-refractivity contribution in [3.8, 4) is 5.75 Å². The first-order valence-corrected chi connectivity index (χ1v) is 7.48. The number of aromatic nitrogens is 4. The van der Waals surface area contributed by atoms with Crippen molar-refractivity contribution in [2.45, 2.75) is 13.2 Å². The van der Waals surface area contributed by atoms with Gasteiger partial charge in [0.15, 0.2) is 5.82 Å². The molecule has 0 atom stereocenters. The van der Waals surface area contributed by atoms with Gasteiger partial charge in [0.05, 0.1) is 0 Å². The summed E-state index contributed by atoms with van der Waals surface area (Å²) in [5.74, 6) is 1.05. The lowest BCUT2D eigenvalue weighted by Crippen LogP contribution is -2.22. The molecule has 0 spiro atoms. The van der Waals surface area contributed by atoms with Crippen LogP contribution in [0.5, 0.6) is 5.75 Å². The molecule has 0 saturated carbocycles. The predicted octanol–water partition coefficient (Wildman–Crippen LogP) is 1.72. The van der Waals surface area contributed by atoms with Crippen molar-refractivity contribution in [1.82, 2.24) is 25.5 Å². The van der Waals surface area contributed by atoms with E-state index in [1.165, 1.54) is 4.68 Å². The first-order chi connectivity index (χ1) is 11.7. The van der Waals surface area contributed by atoms with Crippen molar-refractivity contribution in [1.29, 1.82) is 0 Å². The highest BCUT2D eigenvalue weighted by atomic mass is 16.5. The van der Waals surface area contributed by atoms with E-state index < -0.39 is 0 Å². The van der Waals surface area contributed by atoms with Crippen LogP contribution in [-0.2, 0) is 20.2 Å². The average molecular weight is 323 g/mol. The molecule has 24 heavy (non-hydrogen) atoms. The fraction of sp³-hybridized carbons (Fsp3) is 0.176. The maximum Gasteiger partial charge on any atom is 0.251 e. The van der Waals surface area contributed by atoms with E-state index >= 15 is 0 Å². The van der Waals surface area contributed by atoms with Crippen LogP contribution in [0.1, 0.15) is 21.7 Å². The molecule has 0 aliphatic heterocycles. The van der Waals surface area contributed by atoms with Gasteiger partial charge in [-0.1, -0.05) is 36.4 Å². The molecule has 7 heteroatoms. The van der Waals surface area contributed by atoms with E-state index in [1.54, 1.807) is 31.3 Å². The smallest absolute Gasteiger partial charge is 0.251 e. The Kier molecular flexibility index (Phi) is 4.81. The van der Waals surface area contributed by atoms with Crippen LogP contribution in [0.3, 0.4) is 0 Å². The van der Waals surface area contributed by atoms with Gasteiger partial charge in [-0.15, -0.1) is 5.10 Å². The minimum absolute atomic E-state index is 0.148. The Morgan fingerprint density at radius 3 is 2.75 bits per heavy atom. The van der Waals surface area contributed by atoms with E-state index in [9.17, 15) is 4.79 Å². The predicted molar refractivity (Wildman–Crippen MR) is 87.2 cm³/mol. The summed E-state index contributed by atoms with van der Waals surface area (Å²) in [6.07, 6.45) is 0. The molecule has 1 aromatic heterocycles. The first kappa shape index (κ1) is 15.7. The SMILES string of the molecule is Cn1nnnc1COc1cccc(C(=O)NCc2ccccc2)c1. The number of nitrogens with one attached hydrogen (secondary N) is 1. The number of carbonyl (C=O) groups excluding carboxylic acids is 1. The second-order valence-corrected chi connectivity index (χ2v) is 5.20. The number of benzene rings is 2. The molecule has 1 heterocycles. The van der Waals surface area contributed by atoms with Gasteiger partial charge in [-0.3, -0.25) is 4.79 Å². The lowest BCUT2D eigenvalue weighted by molar-refractivity contribution is 0.0950. The Bertz CT molecular complexity index is 817. The molecule has 0 aliphatic rings. The van der Waals surface area contributed by atoms with E-state index in [0.29, 0.717) is 23.7 Å². The summed E-state index contributed by atoms with van der Waals surface area (Å²) in [5, 5.41) is 14.0. The molecule has 2 aromatic carbocycles. The van der Waals surface area contributed by atoms with Crippen LogP contribution >= 0.6 is 0 Å². The summed E-state index contributed by atoms with van der Waals surface area (Å²) in [7, 11) is 1.74. The third-order valence-corrected chi connectivity index (χ3v) is 3.47. The molecule has 0 aliphatic carbocycles. The Balaban J connectivity index is 1.60. The third-order valence-electron chi connectivity index (χ3n) is 3.47. The van der Waals surface area contributed by atoms with E-state index in [4.69, 9.17) is 4.74 Å². The highest BCUT2D eigenvalue weighted by Crippen LogP contribution is 2.14. The van der Waals surface area contributed by atoms with Crippen molar-refractivity contribution >= 4 is 5.91 Å². The summed E-state index contributed by atoms with van der Waals surface area (Å²) in [5.41, 5.74) is 1.59. The summed E-state index contributed by atoms with van der Waals surface area (Å²) < 4.78 is 7.18. The molecule has 7 nitrogen and oxygen atoms in total. The van der Waals surface area contributed by atoms with Crippen LogP contribution in [0.4, 0.5) is 0 Å². The molecule has 0 radical (unpaired) electrons. The number of tetrazole rings is 1. The number of amides is 1. The summed E-state index contributed by atoms with van der Waals surface area (Å²) in [6.45, 7) is 0.716. The Morgan fingerprint density at radius 2 is 2.00 bits per heavy atom. The molecule has 122 valence electrons. The van der Waals surface area contributed by atoms with Crippen molar-refractivity contribution in [3.63, 3.8) is 0 Å². The van der Waals surface area contributed by atoms with Crippen molar-refractivity contribution in [2.24, 2.45) is 7.05 Å². The molecule has 0 unspecified atom stereocenters. The van der Waals surface area contributed by atoms with Crippen LogP contribution in [0.2, 0.25) is 0 Å². The van der Waals surface area contributed by atoms with Crippen LogP contribution in [0.15, 0.2) is 54.6 Å². The molecule has 0 fully saturated rings. The van der Waals surface area contributed by atoms with Crippen molar-refractivity contribution < 1.29 is 9.53 Å². The Hall–Kier alpha value is -3.22. The number of nitrogens with zero attached hydrogens (tertiary/aromatic N) is 4. The lowest BCUT2D eigenvalue weighted by atomic mass is 10.2. The van der Waals surface area contributed by atoms with Gasteiger partial charge in [-0.05, 0) is 34.2 Å². The summed E-state index contributed by atoms with van der Waals surface area (Å²) >= 11 is 0. The zero-order valence-corrected chi connectivity index (χ0v) is 13.2. The van der Waals surface area contributed by atoms with Gasteiger partial charge in [0, 0.05) is 19.2 Å². The molecule has 1 N–H and O–H groups in total. The number of ether oxygens (including phenoxy) is 1. The second-order valence-electron chi connectivity index (χ2n) is 5.20. The monoisotopic (exact) mass is 323 g/mol. The molecule has 3 aromatic rings. The zero-order valence-electron chi connectivity index (χ0n) is 13.2. The molecule has 0 bridgehead atoms. The summed E-state index contributed by atoms with van der Waals surface area (Å²) in [4.78, 5) is 12.3. The minimum Gasteiger partial charge on any atom is -0.486 e. The van der Waals surface area contributed by atoms with E-state index in [-0.39, 0.29) is 12.5 Å². The Labute approximate surface area is 139 Å². The first-order valence-electron chi connectivity index (χ1n) is 7.48. The topological polar surface area (TPSA) is 81.9 Å². The number of hydrogen-bond donors (Lipinski definition) is 1. The largest absolute Gasteiger partial charge is 0.486 e. The molecule has 3 rings (SSSR count). The van der Waals surface area contributed by atoms with E-state index in [1.807, 2.05) is 30.3 Å². The third kappa shape index (κ3) is 3.95. The van der Waals surface area contributed by atoms with Crippen LogP contribution in [0.25, 0.3) is 0 Å². The van der Waals surface area contributed by atoms with Gasteiger partial charge >= 0.3 is 0 Å². The van der Waals surface area contributed by atoms with E-state index in [0.717, 1.165) is 5.56 Å². The van der Waals surface area contributed by atoms with Gasteiger partial charge < -0.3 is 10.1 Å². The fourth-order valence-corrected chi connectivity index (χ4v) is 2.13. The highest BCUT2D eigenvalue weighted by Gasteiger charge is 2.08. The molecule has 0 saturated heterocycles. The van der Waals surface area contributed by atoms with Gasteiger partial charge in [-0.25, -0.2) is 4.68 Å². The fourth-order valence-electron chi connectivity index (χ4n) is 2.13. The number of rotatable bonds is 6. The number of hydrogen-bond acceptors (Lipinski definition) is 5. The standard InChI is InChI=1S/C17H17N5O2/c1-22-16(19-20-21-22)12-24-15-9-5-8-14(10-15)17(23)18-11-13-6-3-2-4-7-13/h2-10H,11-12H2,1H3,(H,18,23). The van der Waals surface area contributed by atoms with Gasteiger partial charge in [0.25, 0.3) is 5.91 Å². The van der Waals surface area contributed by atoms with E-state index in [2.05, 4.69) is 20.8 Å². The van der Waals surface area contributed by atoms with Crippen molar-refractivity contribution in [2.75, 3.05) is 0 Å². The maximum absolute atomic E-state index is 12.3. The zero-order chi connectivity index (χ0) is 16.8. The molecular formula is C17H17N5O2. The highest BCUT2D eigenvalue weighted by molar-refractivity contribution is 5.94. The molecule has 1 amide bonds. The lowest BCUT2D eigenvalue weighted by Gasteiger charge is -2.08. The van der Waals surface area contributed by atoms with Gasteiger partial charge in [-0.2, -0.15) is 0 Å². The van der Waals surface area contributed by atoms with Gasteiger partial charge in [0.1, 0.15) is 12.4 Å². The maximum atomic E-state index is 12.3. The van der Waals surface area contributed by atoms with Crippen LogP contribution in [-0.4, -0.2) is 26.1 Å². The van der Waals surface area contributed by atoms with Crippen LogP contribution in [0, 0.1) is 0 Å². The van der Waals surface area contributed by atoms with Gasteiger partial charge in [0.2, 0.25) is 0 Å². The Morgan fingerprint density at radius 1 is 1.17 bits per heavy atom.